The Balaban J connectivity index is 1.28. The number of hydrogen-bond donors (Lipinski definition) is 1. The SMILES string of the molecule is O=C(CC1(Cc2nc3ccccc3s2)CCCC1)Nc1cnc(C2CC2)nc1. The van der Waals surface area contributed by atoms with E-state index in [0.29, 0.717) is 18.0 Å². The van der Waals surface area contributed by atoms with E-state index in [4.69, 9.17) is 4.98 Å². The molecular weight excluding hydrogens is 368 g/mol. The van der Waals surface area contributed by atoms with Crippen molar-refractivity contribution in [3.63, 3.8) is 0 Å². The van der Waals surface area contributed by atoms with Gasteiger partial charge in [0.1, 0.15) is 5.82 Å². The Kier molecular flexibility index (Phi) is 4.59. The van der Waals surface area contributed by atoms with E-state index in [2.05, 4.69) is 33.5 Å². The Morgan fingerprint density at radius 3 is 2.61 bits per heavy atom. The van der Waals surface area contributed by atoms with Crippen LogP contribution in [0.25, 0.3) is 10.2 Å². The molecule has 2 saturated carbocycles. The molecular formula is C22H24N4OS. The highest BCUT2D eigenvalue weighted by molar-refractivity contribution is 7.18. The quantitative estimate of drug-likeness (QED) is 0.634. The number of carbonyl (C=O) groups is 1. The lowest BCUT2D eigenvalue weighted by Gasteiger charge is -2.27. The zero-order valence-electron chi connectivity index (χ0n) is 15.9. The zero-order chi connectivity index (χ0) is 19.0. The van der Waals surface area contributed by atoms with E-state index in [-0.39, 0.29) is 11.3 Å². The van der Waals surface area contributed by atoms with Crippen molar-refractivity contribution in [2.24, 2.45) is 5.41 Å². The van der Waals surface area contributed by atoms with Crippen molar-refractivity contribution in [3.05, 3.63) is 47.5 Å². The van der Waals surface area contributed by atoms with Gasteiger partial charge in [0.2, 0.25) is 5.91 Å². The molecule has 0 atom stereocenters. The van der Waals surface area contributed by atoms with Gasteiger partial charge in [-0.05, 0) is 43.2 Å². The standard InChI is InChI=1S/C22H24N4OS/c27-19(25-16-13-23-21(24-14-16)15-7-8-15)11-22(9-3-4-10-22)12-20-26-17-5-1-2-6-18(17)28-20/h1-2,5-6,13-15H,3-4,7-12H2,(H,25,27). The van der Waals surface area contributed by atoms with Crippen LogP contribution in [0.2, 0.25) is 0 Å². The third-order valence-corrected chi connectivity index (χ3v) is 7.00. The molecule has 3 aromatic rings. The summed E-state index contributed by atoms with van der Waals surface area (Å²) in [4.78, 5) is 26.4. The van der Waals surface area contributed by atoms with E-state index in [1.54, 1.807) is 23.7 Å². The first-order valence-electron chi connectivity index (χ1n) is 10.2. The van der Waals surface area contributed by atoms with Gasteiger partial charge in [-0.2, -0.15) is 0 Å². The molecule has 2 aromatic heterocycles. The van der Waals surface area contributed by atoms with Crippen LogP contribution >= 0.6 is 11.3 Å². The van der Waals surface area contributed by atoms with Crippen molar-refractivity contribution in [3.8, 4) is 0 Å². The maximum Gasteiger partial charge on any atom is 0.225 e. The summed E-state index contributed by atoms with van der Waals surface area (Å²) in [5, 5.41) is 4.16. The molecule has 5 nitrogen and oxygen atoms in total. The van der Waals surface area contributed by atoms with Crippen LogP contribution in [0.4, 0.5) is 5.69 Å². The maximum atomic E-state index is 12.8. The van der Waals surface area contributed by atoms with Gasteiger partial charge in [0.05, 0.1) is 33.3 Å². The highest BCUT2D eigenvalue weighted by Gasteiger charge is 2.37. The fourth-order valence-corrected chi connectivity index (χ4v) is 5.50. The summed E-state index contributed by atoms with van der Waals surface area (Å²) in [5.41, 5.74) is 1.78. The molecule has 1 amide bonds. The van der Waals surface area contributed by atoms with E-state index in [1.807, 2.05) is 6.07 Å². The predicted molar refractivity (Wildman–Crippen MR) is 111 cm³/mol. The maximum absolute atomic E-state index is 12.8. The molecule has 0 bridgehead atoms. The van der Waals surface area contributed by atoms with Crippen LogP contribution in [0, 0.1) is 5.41 Å². The molecule has 0 saturated heterocycles. The van der Waals surface area contributed by atoms with Crippen LogP contribution in [0.1, 0.15) is 61.7 Å². The van der Waals surface area contributed by atoms with Gasteiger partial charge < -0.3 is 5.32 Å². The van der Waals surface area contributed by atoms with E-state index in [9.17, 15) is 4.79 Å². The van der Waals surface area contributed by atoms with Crippen molar-refractivity contribution in [2.75, 3.05) is 5.32 Å². The van der Waals surface area contributed by atoms with Gasteiger partial charge in [-0.1, -0.05) is 25.0 Å². The minimum Gasteiger partial charge on any atom is -0.323 e. The third-order valence-electron chi connectivity index (χ3n) is 5.96. The number of nitrogens with zero attached hydrogens (tertiary/aromatic N) is 3. The number of fused-ring (bicyclic) bond motifs is 1. The molecule has 2 aliphatic rings. The van der Waals surface area contributed by atoms with Crippen LogP contribution in [0.3, 0.4) is 0 Å². The highest BCUT2D eigenvalue weighted by atomic mass is 32.1. The number of thiazole rings is 1. The molecule has 0 radical (unpaired) electrons. The summed E-state index contributed by atoms with van der Waals surface area (Å²) in [5.74, 6) is 1.49. The number of amides is 1. The smallest absolute Gasteiger partial charge is 0.225 e. The lowest BCUT2D eigenvalue weighted by molar-refractivity contribution is -0.118. The summed E-state index contributed by atoms with van der Waals surface area (Å²) in [6.45, 7) is 0. The first-order valence-corrected chi connectivity index (χ1v) is 11.0. The Labute approximate surface area is 168 Å². The summed E-state index contributed by atoms with van der Waals surface area (Å²) in [6.07, 6.45) is 11.8. The number of nitrogens with one attached hydrogen (secondary N) is 1. The van der Waals surface area contributed by atoms with Gasteiger partial charge in [-0.25, -0.2) is 15.0 Å². The van der Waals surface area contributed by atoms with Crippen molar-refractivity contribution in [1.82, 2.24) is 15.0 Å². The van der Waals surface area contributed by atoms with Crippen LogP contribution in [-0.4, -0.2) is 20.9 Å². The fraction of sp³-hybridized carbons (Fsp3) is 0.455. The van der Waals surface area contributed by atoms with Gasteiger partial charge >= 0.3 is 0 Å². The summed E-state index contributed by atoms with van der Waals surface area (Å²) in [7, 11) is 0. The summed E-state index contributed by atoms with van der Waals surface area (Å²) >= 11 is 1.76. The predicted octanol–water partition coefficient (Wildman–Crippen LogP) is 5.10. The van der Waals surface area contributed by atoms with E-state index in [0.717, 1.165) is 35.6 Å². The second-order valence-corrected chi connectivity index (χ2v) is 9.40. The topological polar surface area (TPSA) is 67.8 Å². The number of anilines is 1. The molecule has 1 aromatic carbocycles. The second kappa shape index (κ2) is 7.24. The van der Waals surface area contributed by atoms with E-state index >= 15 is 0 Å². The molecule has 1 N–H and O–H groups in total. The molecule has 144 valence electrons. The normalized spacial score (nSPS) is 18.4. The molecule has 5 rings (SSSR count). The van der Waals surface area contributed by atoms with Crippen molar-refractivity contribution >= 4 is 33.1 Å². The summed E-state index contributed by atoms with van der Waals surface area (Å²) in [6, 6.07) is 8.27. The molecule has 2 heterocycles. The molecule has 2 aliphatic carbocycles. The van der Waals surface area contributed by atoms with Crippen LogP contribution in [0.15, 0.2) is 36.7 Å². The summed E-state index contributed by atoms with van der Waals surface area (Å²) < 4.78 is 1.22. The molecule has 0 unspecified atom stereocenters. The third kappa shape index (κ3) is 3.78. The number of hydrogen-bond acceptors (Lipinski definition) is 5. The largest absolute Gasteiger partial charge is 0.323 e. The number of rotatable bonds is 6. The molecule has 0 aliphatic heterocycles. The zero-order valence-corrected chi connectivity index (χ0v) is 16.7. The highest BCUT2D eigenvalue weighted by Crippen LogP contribution is 2.45. The minimum atomic E-state index is 0.0206. The van der Waals surface area contributed by atoms with E-state index < -0.39 is 0 Å². The molecule has 0 spiro atoms. The van der Waals surface area contributed by atoms with Gasteiger partial charge in [0.25, 0.3) is 0 Å². The van der Waals surface area contributed by atoms with E-state index in [1.165, 1.54) is 30.4 Å². The Bertz CT molecular complexity index is 954. The second-order valence-electron chi connectivity index (χ2n) is 8.29. The van der Waals surface area contributed by atoms with Gasteiger partial charge in [0, 0.05) is 18.8 Å². The Morgan fingerprint density at radius 2 is 1.89 bits per heavy atom. The van der Waals surface area contributed by atoms with Crippen LogP contribution in [-0.2, 0) is 11.2 Å². The van der Waals surface area contributed by atoms with Gasteiger partial charge in [-0.15, -0.1) is 11.3 Å². The average Bonchev–Trinajstić information content (AvgIpc) is 3.31. The number of para-hydroxylation sites is 1. The number of aromatic nitrogens is 3. The number of carbonyl (C=O) groups excluding carboxylic acids is 1. The first-order chi connectivity index (χ1) is 13.7. The average molecular weight is 393 g/mol. The lowest BCUT2D eigenvalue weighted by Crippen LogP contribution is -2.27. The van der Waals surface area contributed by atoms with Crippen molar-refractivity contribution < 1.29 is 4.79 Å². The first kappa shape index (κ1) is 17.7. The number of benzene rings is 1. The van der Waals surface area contributed by atoms with Crippen molar-refractivity contribution in [1.29, 1.82) is 0 Å². The lowest BCUT2D eigenvalue weighted by atomic mass is 9.79. The van der Waals surface area contributed by atoms with Crippen LogP contribution in [0.5, 0.6) is 0 Å². The molecule has 2 fully saturated rings. The Morgan fingerprint density at radius 1 is 1.14 bits per heavy atom. The monoisotopic (exact) mass is 392 g/mol. The van der Waals surface area contributed by atoms with Crippen LogP contribution < -0.4 is 5.32 Å². The van der Waals surface area contributed by atoms with Gasteiger partial charge in [0.15, 0.2) is 0 Å². The van der Waals surface area contributed by atoms with Gasteiger partial charge in [-0.3, -0.25) is 4.79 Å². The fourth-order valence-electron chi connectivity index (χ4n) is 4.36. The van der Waals surface area contributed by atoms with Crippen molar-refractivity contribution in [2.45, 2.75) is 57.3 Å². The Hall–Kier alpha value is -2.34. The molecule has 6 heteroatoms. The molecule has 28 heavy (non-hydrogen) atoms. The minimum absolute atomic E-state index is 0.0206.